The van der Waals surface area contributed by atoms with Crippen LogP contribution in [0.15, 0.2) is 0 Å². The van der Waals surface area contributed by atoms with Crippen molar-refractivity contribution < 1.29 is 13.2 Å². The topological polar surface area (TPSA) is 61.9 Å². The van der Waals surface area contributed by atoms with E-state index in [1.165, 1.54) is 17.1 Å². The second-order valence-electron chi connectivity index (χ2n) is 5.85. The fraction of sp³-hybridized carbons (Fsp3) is 1.00. The molecule has 0 aromatic rings. The molecule has 1 heterocycles. The standard InChI is InChI=1S/C13H27N3O3S/c1-15(9-10-19-2)20(17,18)16-7-5-13(6-8-16)14-11-12-3-4-12/h12-14H,3-11H2,1-2H3. The molecular weight excluding hydrogens is 278 g/mol. The fourth-order valence-electron chi connectivity index (χ4n) is 2.48. The first-order valence-corrected chi connectivity index (χ1v) is 8.87. The van der Waals surface area contributed by atoms with Crippen molar-refractivity contribution in [3.63, 3.8) is 0 Å². The van der Waals surface area contributed by atoms with Crippen LogP contribution in [-0.2, 0) is 14.9 Å². The summed E-state index contributed by atoms with van der Waals surface area (Å²) in [5.41, 5.74) is 0. The van der Waals surface area contributed by atoms with Crippen LogP contribution in [0.4, 0.5) is 0 Å². The Morgan fingerprint density at radius 3 is 2.45 bits per heavy atom. The van der Waals surface area contributed by atoms with Gasteiger partial charge in [-0.25, -0.2) is 0 Å². The smallest absolute Gasteiger partial charge is 0.281 e. The number of methoxy groups -OCH3 is 1. The number of hydrogen-bond donors (Lipinski definition) is 1. The van der Waals surface area contributed by atoms with Gasteiger partial charge in [0.05, 0.1) is 6.61 Å². The molecule has 1 aliphatic heterocycles. The van der Waals surface area contributed by atoms with Crippen LogP contribution in [0.25, 0.3) is 0 Å². The number of nitrogens with zero attached hydrogens (tertiary/aromatic N) is 2. The maximum absolute atomic E-state index is 12.4. The second-order valence-corrected chi connectivity index (χ2v) is 7.88. The molecule has 1 aliphatic carbocycles. The van der Waals surface area contributed by atoms with Crippen molar-refractivity contribution in [2.45, 2.75) is 31.7 Å². The van der Waals surface area contributed by atoms with Crippen LogP contribution in [0, 0.1) is 5.92 Å². The maximum atomic E-state index is 12.4. The largest absolute Gasteiger partial charge is 0.383 e. The molecule has 0 spiro atoms. The maximum Gasteiger partial charge on any atom is 0.281 e. The molecule has 20 heavy (non-hydrogen) atoms. The van der Waals surface area contributed by atoms with E-state index < -0.39 is 10.2 Å². The monoisotopic (exact) mass is 305 g/mol. The normalized spacial score (nSPS) is 22.6. The Bertz CT molecular complexity index is 390. The van der Waals surface area contributed by atoms with Gasteiger partial charge in [-0.2, -0.15) is 17.0 Å². The summed E-state index contributed by atoms with van der Waals surface area (Å²) in [6.07, 6.45) is 4.52. The molecule has 2 fully saturated rings. The summed E-state index contributed by atoms with van der Waals surface area (Å²) in [5, 5.41) is 3.56. The van der Waals surface area contributed by atoms with Crippen molar-refractivity contribution >= 4 is 10.2 Å². The van der Waals surface area contributed by atoms with Gasteiger partial charge in [0.15, 0.2) is 0 Å². The number of rotatable bonds is 8. The fourth-order valence-corrected chi connectivity index (χ4v) is 3.85. The van der Waals surface area contributed by atoms with E-state index in [1.807, 2.05) is 0 Å². The van der Waals surface area contributed by atoms with Crippen LogP contribution in [0.5, 0.6) is 0 Å². The van der Waals surface area contributed by atoms with E-state index in [2.05, 4.69) is 5.32 Å². The highest BCUT2D eigenvalue weighted by molar-refractivity contribution is 7.86. The van der Waals surface area contributed by atoms with E-state index in [-0.39, 0.29) is 0 Å². The number of likely N-dealkylation sites (N-methyl/N-ethyl adjacent to an activating group) is 1. The zero-order valence-corrected chi connectivity index (χ0v) is 13.4. The van der Waals surface area contributed by atoms with Crippen molar-refractivity contribution in [1.29, 1.82) is 0 Å². The summed E-state index contributed by atoms with van der Waals surface area (Å²) < 4.78 is 32.6. The molecular formula is C13H27N3O3S. The van der Waals surface area contributed by atoms with E-state index >= 15 is 0 Å². The Balaban J connectivity index is 1.76. The van der Waals surface area contributed by atoms with Gasteiger partial charge in [-0.15, -0.1) is 0 Å². The first kappa shape index (κ1) is 16.2. The summed E-state index contributed by atoms with van der Waals surface area (Å²) in [5.74, 6) is 0.872. The van der Waals surface area contributed by atoms with Gasteiger partial charge in [0.25, 0.3) is 10.2 Å². The number of nitrogens with one attached hydrogen (secondary N) is 1. The molecule has 1 N–H and O–H groups in total. The quantitative estimate of drug-likeness (QED) is 0.699. The first-order chi connectivity index (χ1) is 9.54. The minimum absolute atomic E-state index is 0.401. The lowest BCUT2D eigenvalue weighted by molar-refractivity contribution is 0.180. The van der Waals surface area contributed by atoms with Gasteiger partial charge in [0, 0.05) is 39.8 Å². The lowest BCUT2D eigenvalue weighted by atomic mass is 10.1. The Hall–Kier alpha value is -0.210. The Morgan fingerprint density at radius 2 is 1.90 bits per heavy atom. The first-order valence-electron chi connectivity index (χ1n) is 7.47. The predicted molar refractivity (Wildman–Crippen MR) is 78.7 cm³/mol. The molecule has 1 saturated carbocycles. The average molecular weight is 305 g/mol. The molecule has 0 aromatic carbocycles. The highest BCUT2D eigenvalue weighted by Crippen LogP contribution is 2.28. The summed E-state index contributed by atoms with van der Waals surface area (Å²) in [6.45, 7) is 3.16. The molecule has 2 rings (SSSR count). The van der Waals surface area contributed by atoms with E-state index in [0.29, 0.717) is 32.3 Å². The van der Waals surface area contributed by atoms with Gasteiger partial charge in [-0.1, -0.05) is 0 Å². The van der Waals surface area contributed by atoms with Crippen LogP contribution in [0.3, 0.4) is 0 Å². The van der Waals surface area contributed by atoms with E-state index in [9.17, 15) is 8.42 Å². The van der Waals surface area contributed by atoms with Gasteiger partial charge in [-0.05, 0) is 38.1 Å². The SMILES string of the molecule is COCCN(C)S(=O)(=O)N1CCC(NCC2CC2)CC1. The summed E-state index contributed by atoms with van der Waals surface area (Å²) in [6, 6.07) is 0.478. The summed E-state index contributed by atoms with van der Waals surface area (Å²) >= 11 is 0. The highest BCUT2D eigenvalue weighted by Gasteiger charge is 2.31. The molecule has 0 amide bonds. The van der Waals surface area contributed by atoms with E-state index in [4.69, 9.17) is 4.74 Å². The van der Waals surface area contributed by atoms with Crippen LogP contribution in [0.1, 0.15) is 25.7 Å². The Kier molecular flexibility index (Phi) is 5.80. The third-order valence-electron chi connectivity index (χ3n) is 4.18. The van der Waals surface area contributed by atoms with E-state index in [0.717, 1.165) is 25.3 Å². The van der Waals surface area contributed by atoms with Crippen LogP contribution < -0.4 is 5.32 Å². The van der Waals surface area contributed by atoms with Crippen molar-refractivity contribution in [1.82, 2.24) is 13.9 Å². The predicted octanol–water partition coefficient (Wildman–Crippen LogP) is 0.273. The third-order valence-corrected chi connectivity index (χ3v) is 6.16. The average Bonchev–Trinajstić information content (AvgIpc) is 3.27. The van der Waals surface area contributed by atoms with Gasteiger partial charge in [-0.3, -0.25) is 0 Å². The molecule has 118 valence electrons. The summed E-state index contributed by atoms with van der Waals surface area (Å²) in [4.78, 5) is 0. The Morgan fingerprint density at radius 1 is 1.25 bits per heavy atom. The van der Waals surface area contributed by atoms with Crippen molar-refractivity contribution in [2.75, 3.05) is 46.9 Å². The highest BCUT2D eigenvalue weighted by atomic mass is 32.2. The van der Waals surface area contributed by atoms with Crippen LogP contribution in [-0.4, -0.2) is 70.0 Å². The lowest BCUT2D eigenvalue weighted by Crippen LogP contribution is -2.49. The van der Waals surface area contributed by atoms with Gasteiger partial charge in [0.1, 0.15) is 0 Å². The Labute approximate surface area is 122 Å². The molecule has 0 radical (unpaired) electrons. The van der Waals surface area contributed by atoms with Gasteiger partial charge < -0.3 is 10.1 Å². The van der Waals surface area contributed by atoms with Crippen molar-refractivity contribution in [3.8, 4) is 0 Å². The summed E-state index contributed by atoms with van der Waals surface area (Å²) in [7, 11) is -0.120. The second kappa shape index (κ2) is 7.17. The zero-order valence-electron chi connectivity index (χ0n) is 12.5. The molecule has 0 unspecified atom stereocenters. The molecule has 0 atom stereocenters. The minimum atomic E-state index is -3.32. The molecule has 0 bridgehead atoms. The molecule has 6 nitrogen and oxygen atoms in total. The minimum Gasteiger partial charge on any atom is -0.383 e. The molecule has 1 saturated heterocycles. The molecule has 0 aromatic heterocycles. The van der Waals surface area contributed by atoms with Crippen LogP contribution in [0.2, 0.25) is 0 Å². The van der Waals surface area contributed by atoms with E-state index in [1.54, 1.807) is 18.5 Å². The number of ether oxygens (including phenoxy) is 1. The van der Waals surface area contributed by atoms with Crippen LogP contribution >= 0.6 is 0 Å². The molecule has 7 heteroatoms. The molecule has 2 aliphatic rings. The zero-order chi connectivity index (χ0) is 14.6. The number of piperidine rings is 1. The lowest BCUT2D eigenvalue weighted by Gasteiger charge is -2.34. The van der Waals surface area contributed by atoms with Gasteiger partial charge in [0.2, 0.25) is 0 Å². The number of hydrogen-bond acceptors (Lipinski definition) is 4. The van der Waals surface area contributed by atoms with Crippen molar-refractivity contribution in [2.24, 2.45) is 5.92 Å². The van der Waals surface area contributed by atoms with Crippen molar-refractivity contribution in [3.05, 3.63) is 0 Å². The third kappa shape index (κ3) is 4.39. The van der Waals surface area contributed by atoms with Gasteiger partial charge >= 0.3 is 0 Å².